The summed E-state index contributed by atoms with van der Waals surface area (Å²) < 4.78 is 13.5. The summed E-state index contributed by atoms with van der Waals surface area (Å²) in [5, 5.41) is 8.77. The quantitative estimate of drug-likeness (QED) is 0.805. The molecule has 1 aromatic rings. The number of carboxylic acids is 1. The number of aliphatic carboxylic acids is 1. The Balaban J connectivity index is 2.97. The third-order valence-corrected chi connectivity index (χ3v) is 3.05. The lowest BCUT2D eigenvalue weighted by Gasteiger charge is -2.11. The van der Waals surface area contributed by atoms with Crippen LogP contribution in [0.3, 0.4) is 0 Å². The second-order valence-electron chi connectivity index (χ2n) is 3.36. The third-order valence-electron chi connectivity index (χ3n) is 2.23. The fourth-order valence-electron chi connectivity index (χ4n) is 1.32. The molecular formula is C11H13FO2S. The minimum atomic E-state index is -0.898. The Kier molecular flexibility index (Phi) is 4.15. The van der Waals surface area contributed by atoms with Gasteiger partial charge in [-0.05, 0) is 24.8 Å². The summed E-state index contributed by atoms with van der Waals surface area (Å²) in [5.41, 5.74) is 0.500. The Bertz CT molecular complexity index is 366. The standard InChI is InChI=1S/C11H13FO2S/c1-7(11(13)14)6-8-9(12)4-3-5-10(8)15-2/h3-5,7H,6H2,1-2H3,(H,13,14). The van der Waals surface area contributed by atoms with Crippen molar-refractivity contribution in [2.75, 3.05) is 6.26 Å². The molecule has 0 amide bonds. The van der Waals surface area contributed by atoms with E-state index in [1.807, 2.05) is 6.26 Å². The molecular weight excluding hydrogens is 215 g/mol. The van der Waals surface area contributed by atoms with Crippen molar-refractivity contribution >= 4 is 17.7 Å². The van der Waals surface area contributed by atoms with E-state index in [0.29, 0.717) is 5.56 Å². The number of hydrogen-bond acceptors (Lipinski definition) is 2. The van der Waals surface area contributed by atoms with E-state index in [2.05, 4.69) is 0 Å². The number of carbonyl (C=O) groups is 1. The SMILES string of the molecule is CSc1cccc(F)c1CC(C)C(=O)O. The summed E-state index contributed by atoms with van der Waals surface area (Å²) in [6.07, 6.45) is 2.09. The lowest BCUT2D eigenvalue weighted by atomic mass is 10.0. The summed E-state index contributed by atoms with van der Waals surface area (Å²) in [7, 11) is 0. The van der Waals surface area contributed by atoms with Gasteiger partial charge in [-0.2, -0.15) is 0 Å². The maximum Gasteiger partial charge on any atom is 0.306 e. The Labute approximate surface area is 92.5 Å². The molecule has 0 saturated carbocycles. The molecule has 0 aliphatic heterocycles. The molecule has 0 saturated heterocycles. The van der Waals surface area contributed by atoms with Gasteiger partial charge in [-0.1, -0.05) is 13.0 Å². The fraction of sp³-hybridized carbons (Fsp3) is 0.364. The molecule has 0 bridgehead atoms. The summed E-state index contributed by atoms with van der Waals surface area (Å²) in [6.45, 7) is 1.58. The number of halogens is 1. The van der Waals surface area contributed by atoms with Gasteiger partial charge in [0.1, 0.15) is 5.82 Å². The molecule has 15 heavy (non-hydrogen) atoms. The normalized spacial score (nSPS) is 12.5. The van der Waals surface area contributed by atoms with E-state index < -0.39 is 11.9 Å². The van der Waals surface area contributed by atoms with Gasteiger partial charge in [0, 0.05) is 10.5 Å². The van der Waals surface area contributed by atoms with Crippen LogP contribution in [0.25, 0.3) is 0 Å². The van der Waals surface area contributed by atoms with Crippen LogP contribution >= 0.6 is 11.8 Å². The second-order valence-corrected chi connectivity index (χ2v) is 4.21. The highest BCUT2D eigenvalue weighted by Crippen LogP contribution is 2.25. The highest BCUT2D eigenvalue weighted by Gasteiger charge is 2.16. The average Bonchev–Trinajstić information content (AvgIpc) is 2.20. The van der Waals surface area contributed by atoms with E-state index >= 15 is 0 Å². The van der Waals surface area contributed by atoms with Crippen LogP contribution in [0, 0.1) is 11.7 Å². The zero-order valence-corrected chi connectivity index (χ0v) is 9.47. The lowest BCUT2D eigenvalue weighted by Crippen LogP contribution is -2.13. The highest BCUT2D eigenvalue weighted by atomic mass is 32.2. The molecule has 0 aliphatic carbocycles. The van der Waals surface area contributed by atoms with E-state index in [0.717, 1.165) is 4.90 Å². The molecule has 1 aromatic carbocycles. The largest absolute Gasteiger partial charge is 0.481 e. The maximum absolute atomic E-state index is 13.5. The Morgan fingerprint density at radius 2 is 2.27 bits per heavy atom. The van der Waals surface area contributed by atoms with E-state index in [9.17, 15) is 9.18 Å². The van der Waals surface area contributed by atoms with Crippen LogP contribution in [0.15, 0.2) is 23.1 Å². The number of thioether (sulfide) groups is 1. The van der Waals surface area contributed by atoms with E-state index in [1.54, 1.807) is 19.1 Å². The fourth-order valence-corrected chi connectivity index (χ4v) is 1.96. The molecule has 4 heteroatoms. The minimum absolute atomic E-state index is 0.234. The van der Waals surface area contributed by atoms with Crippen LogP contribution in [0.1, 0.15) is 12.5 Å². The predicted octanol–water partition coefficient (Wildman–Crippen LogP) is 2.81. The third kappa shape index (κ3) is 2.96. The molecule has 0 spiro atoms. The number of rotatable bonds is 4. The van der Waals surface area contributed by atoms with Gasteiger partial charge in [-0.3, -0.25) is 4.79 Å². The van der Waals surface area contributed by atoms with Crippen LogP contribution in [0.4, 0.5) is 4.39 Å². The molecule has 0 radical (unpaired) electrons. The molecule has 0 heterocycles. The topological polar surface area (TPSA) is 37.3 Å². The van der Waals surface area contributed by atoms with Crippen LogP contribution in [0.5, 0.6) is 0 Å². The van der Waals surface area contributed by atoms with Gasteiger partial charge in [-0.25, -0.2) is 4.39 Å². The first-order valence-corrected chi connectivity index (χ1v) is 5.83. The summed E-state index contributed by atoms with van der Waals surface area (Å²) in [5.74, 6) is -1.78. The van der Waals surface area contributed by atoms with E-state index in [-0.39, 0.29) is 12.2 Å². The van der Waals surface area contributed by atoms with Crippen molar-refractivity contribution in [2.45, 2.75) is 18.2 Å². The molecule has 0 aliphatic rings. The van der Waals surface area contributed by atoms with Gasteiger partial charge >= 0.3 is 5.97 Å². The summed E-state index contributed by atoms with van der Waals surface area (Å²) >= 11 is 1.43. The molecule has 1 N–H and O–H groups in total. The van der Waals surface area contributed by atoms with E-state index in [4.69, 9.17) is 5.11 Å². The molecule has 0 fully saturated rings. The van der Waals surface area contributed by atoms with Gasteiger partial charge in [-0.15, -0.1) is 11.8 Å². The molecule has 2 nitrogen and oxygen atoms in total. The van der Waals surface area contributed by atoms with Crippen molar-refractivity contribution in [3.8, 4) is 0 Å². The van der Waals surface area contributed by atoms with Gasteiger partial charge in [0.15, 0.2) is 0 Å². The molecule has 82 valence electrons. The summed E-state index contributed by atoms with van der Waals surface area (Å²) in [6, 6.07) is 4.80. The van der Waals surface area contributed by atoms with Crippen molar-refractivity contribution in [1.29, 1.82) is 0 Å². The van der Waals surface area contributed by atoms with Crippen molar-refractivity contribution < 1.29 is 14.3 Å². The molecule has 1 unspecified atom stereocenters. The number of hydrogen-bond donors (Lipinski definition) is 1. The Morgan fingerprint density at radius 1 is 1.60 bits per heavy atom. The smallest absolute Gasteiger partial charge is 0.306 e. The molecule has 1 rings (SSSR count). The zero-order valence-electron chi connectivity index (χ0n) is 8.66. The summed E-state index contributed by atoms with van der Waals surface area (Å²) in [4.78, 5) is 11.5. The highest BCUT2D eigenvalue weighted by molar-refractivity contribution is 7.98. The van der Waals surface area contributed by atoms with Crippen LogP contribution in [-0.4, -0.2) is 17.3 Å². The zero-order chi connectivity index (χ0) is 11.4. The first-order chi connectivity index (χ1) is 7.06. The maximum atomic E-state index is 13.5. The van der Waals surface area contributed by atoms with E-state index in [1.165, 1.54) is 17.8 Å². The number of benzene rings is 1. The van der Waals surface area contributed by atoms with Gasteiger partial charge in [0.2, 0.25) is 0 Å². The van der Waals surface area contributed by atoms with Crippen LogP contribution in [-0.2, 0) is 11.2 Å². The van der Waals surface area contributed by atoms with Crippen LogP contribution in [0.2, 0.25) is 0 Å². The van der Waals surface area contributed by atoms with Crippen molar-refractivity contribution in [1.82, 2.24) is 0 Å². The van der Waals surface area contributed by atoms with Crippen molar-refractivity contribution in [2.24, 2.45) is 5.92 Å². The predicted molar refractivity (Wildman–Crippen MR) is 58.7 cm³/mol. The van der Waals surface area contributed by atoms with Crippen molar-refractivity contribution in [3.05, 3.63) is 29.6 Å². The first-order valence-electron chi connectivity index (χ1n) is 4.60. The van der Waals surface area contributed by atoms with Crippen LogP contribution < -0.4 is 0 Å². The van der Waals surface area contributed by atoms with Gasteiger partial charge in [0.05, 0.1) is 5.92 Å². The second kappa shape index (κ2) is 5.16. The molecule has 0 aromatic heterocycles. The molecule has 1 atom stereocenters. The number of carboxylic acid groups (broad SMARTS) is 1. The average molecular weight is 228 g/mol. The van der Waals surface area contributed by atoms with Gasteiger partial charge in [0.25, 0.3) is 0 Å². The van der Waals surface area contributed by atoms with Crippen molar-refractivity contribution in [3.63, 3.8) is 0 Å². The minimum Gasteiger partial charge on any atom is -0.481 e. The lowest BCUT2D eigenvalue weighted by molar-refractivity contribution is -0.141. The Morgan fingerprint density at radius 3 is 2.80 bits per heavy atom. The monoisotopic (exact) mass is 228 g/mol. The Hall–Kier alpha value is -1.03. The van der Waals surface area contributed by atoms with Gasteiger partial charge < -0.3 is 5.11 Å². The first kappa shape index (κ1) is 12.0.